The summed E-state index contributed by atoms with van der Waals surface area (Å²) in [5.41, 5.74) is 1.09. The summed E-state index contributed by atoms with van der Waals surface area (Å²) in [7, 11) is 0. The zero-order valence-electron chi connectivity index (χ0n) is 21.3. The molecule has 1 atom stereocenters. The van der Waals surface area contributed by atoms with Gasteiger partial charge in [0.25, 0.3) is 5.91 Å². The first-order valence-corrected chi connectivity index (χ1v) is 13.3. The van der Waals surface area contributed by atoms with Gasteiger partial charge in [-0.05, 0) is 79.4 Å². The molecule has 1 aromatic heterocycles. The van der Waals surface area contributed by atoms with Gasteiger partial charge in [0.15, 0.2) is 16.9 Å². The van der Waals surface area contributed by atoms with Crippen LogP contribution in [0.3, 0.4) is 0 Å². The van der Waals surface area contributed by atoms with Gasteiger partial charge < -0.3 is 13.9 Å². The molecule has 0 bridgehead atoms. The van der Waals surface area contributed by atoms with Crippen molar-refractivity contribution in [1.82, 2.24) is 0 Å². The van der Waals surface area contributed by atoms with Crippen LogP contribution in [-0.2, 0) is 0 Å². The number of carbonyl (C=O) groups excluding carboxylic acids is 1. The highest BCUT2D eigenvalue weighted by atomic mass is 79.9. The molecule has 3 aromatic carbocycles. The number of ether oxygens (including phenoxy) is 2. The van der Waals surface area contributed by atoms with Crippen LogP contribution < -0.4 is 19.8 Å². The summed E-state index contributed by atoms with van der Waals surface area (Å²) in [6.45, 7) is 7.08. The fraction of sp³-hybridized carbons (Fsp3) is 0.267. The zero-order chi connectivity index (χ0) is 27.0. The van der Waals surface area contributed by atoms with Gasteiger partial charge in [-0.1, -0.05) is 35.8 Å². The van der Waals surface area contributed by atoms with E-state index in [4.69, 9.17) is 13.9 Å². The Balaban J connectivity index is 1.69. The van der Waals surface area contributed by atoms with Gasteiger partial charge in [0.1, 0.15) is 11.4 Å². The van der Waals surface area contributed by atoms with Gasteiger partial charge in [-0.2, -0.15) is 0 Å². The van der Waals surface area contributed by atoms with Crippen molar-refractivity contribution < 1.29 is 23.1 Å². The Morgan fingerprint density at radius 2 is 1.76 bits per heavy atom. The standard InChI is InChI=1S/C30H27BrFNO5/c1-4-36-25-15-18(5-11-24(25)37-14-13-17(2)3)27-26-28(34)22-16-20(32)8-12-23(22)38-29(26)30(35)33(27)21-9-6-19(31)7-10-21/h5-12,15-17,27H,4,13-14H2,1-3H3. The third-order valence-electron chi connectivity index (χ3n) is 6.47. The lowest BCUT2D eigenvalue weighted by molar-refractivity contribution is 0.0971. The van der Waals surface area contributed by atoms with Crippen LogP contribution in [0.2, 0.25) is 0 Å². The molecule has 4 aromatic rings. The third-order valence-corrected chi connectivity index (χ3v) is 7.00. The molecule has 1 aliphatic heterocycles. The van der Waals surface area contributed by atoms with E-state index in [1.807, 2.05) is 25.1 Å². The van der Waals surface area contributed by atoms with Gasteiger partial charge in [-0.25, -0.2) is 4.39 Å². The molecule has 0 radical (unpaired) electrons. The van der Waals surface area contributed by atoms with Gasteiger partial charge >= 0.3 is 0 Å². The van der Waals surface area contributed by atoms with Crippen molar-refractivity contribution in [3.63, 3.8) is 0 Å². The molecule has 5 rings (SSSR count). The quantitative estimate of drug-likeness (QED) is 0.219. The largest absolute Gasteiger partial charge is 0.490 e. The molecule has 1 aliphatic rings. The molecule has 196 valence electrons. The lowest BCUT2D eigenvalue weighted by Gasteiger charge is -2.26. The SMILES string of the molecule is CCOc1cc(C2c3c(oc4ccc(F)cc4c3=O)C(=O)N2c2ccc(Br)cc2)ccc1OCCC(C)C. The second-order valence-electron chi connectivity index (χ2n) is 9.54. The van der Waals surface area contributed by atoms with E-state index in [1.54, 1.807) is 24.3 Å². The number of nitrogens with zero attached hydrogens (tertiary/aromatic N) is 1. The second kappa shape index (κ2) is 10.6. The molecule has 0 saturated carbocycles. The van der Waals surface area contributed by atoms with Crippen LogP contribution in [0.5, 0.6) is 11.5 Å². The first-order chi connectivity index (χ1) is 18.3. The first kappa shape index (κ1) is 26.0. The summed E-state index contributed by atoms with van der Waals surface area (Å²) < 4.78 is 32.8. The number of halogens is 2. The summed E-state index contributed by atoms with van der Waals surface area (Å²) >= 11 is 3.43. The zero-order valence-corrected chi connectivity index (χ0v) is 22.9. The fourth-order valence-corrected chi connectivity index (χ4v) is 4.88. The Hall–Kier alpha value is -3.65. The van der Waals surface area contributed by atoms with Gasteiger partial charge in [-0.15, -0.1) is 0 Å². The Labute approximate surface area is 228 Å². The van der Waals surface area contributed by atoms with Crippen LogP contribution in [0.4, 0.5) is 10.1 Å². The molecule has 38 heavy (non-hydrogen) atoms. The number of hydrogen-bond acceptors (Lipinski definition) is 5. The number of hydrogen-bond donors (Lipinski definition) is 0. The molecule has 6 nitrogen and oxygen atoms in total. The lowest BCUT2D eigenvalue weighted by Crippen LogP contribution is -2.29. The number of carbonyl (C=O) groups is 1. The Morgan fingerprint density at radius 3 is 2.47 bits per heavy atom. The van der Waals surface area contributed by atoms with Crippen LogP contribution in [0.15, 0.2) is 74.3 Å². The van der Waals surface area contributed by atoms with Gasteiger partial charge in [-0.3, -0.25) is 14.5 Å². The highest BCUT2D eigenvalue weighted by molar-refractivity contribution is 9.10. The first-order valence-electron chi connectivity index (χ1n) is 12.5. The molecular weight excluding hydrogens is 553 g/mol. The maximum absolute atomic E-state index is 14.1. The smallest absolute Gasteiger partial charge is 0.295 e. The molecule has 0 saturated heterocycles. The molecular formula is C30H27BrFNO5. The molecule has 1 unspecified atom stereocenters. The fourth-order valence-electron chi connectivity index (χ4n) is 4.62. The van der Waals surface area contributed by atoms with Crippen molar-refractivity contribution in [3.8, 4) is 11.5 Å². The van der Waals surface area contributed by atoms with Crippen molar-refractivity contribution in [2.24, 2.45) is 5.92 Å². The van der Waals surface area contributed by atoms with Crippen LogP contribution in [-0.4, -0.2) is 19.1 Å². The molecule has 0 spiro atoms. The van der Waals surface area contributed by atoms with Crippen molar-refractivity contribution in [1.29, 1.82) is 0 Å². The van der Waals surface area contributed by atoms with Crippen LogP contribution in [0.1, 0.15) is 54.9 Å². The molecule has 0 N–H and O–H groups in total. The van der Waals surface area contributed by atoms with E-state index in [1.165, 1.54) is 17.0 Å². The van der Waals surface area contributed by atoms with E-state index in [0.29, 0.717) is 41.9 Å². The maximum atomic E-state index is 14.1. The van der Waals surface area contributed by atoms with Gasteiger partial charge in [0, 0.05) is 10.2 Å². The Bertz CT molecular complexity index is 1560. The van der Waals surface area contributed by atoms with Crippen LogP contribution in [0.25, 0.3) is 11.0 Å². The van der Waals surface area contributed by atoms with E-state index in [0.717, 1.165) is 17.0 Å². The number of benzene rings is 3. The molecule has 8 heteroatoms. The van der Waals surface area contributed by atoms with E-state index in [-0.39, 0.29) is 22.3 Å². The Kier molecular flexibility index (Phi) is 7.25. The van der Waals surface area contributed by atoms with Crippen molar-refractivity contribution >= 4 is 38.5 Å². The topological polar surface area (TPSA) is 69.0 Å². The number of fused-ring (bicyclic) bond motifs is 2. The average molecular weight is 580 g/mol. The normalized spacial score (nSPS) is 14.8. The van der Waals surface area contributed by atoms with Crippen LogP contribution in [0, 0.1) is 11.7 Å². The highest BCUT2D eigenvalue weighted by Crippen LogP contribution is 2.43. The minimum Gasteiger partial charge on any atom is -0.490 e. The summed E-state index contributed by atoms with van der Waals surface area (Å²) in [4.78, 5) is 29.0. The van der Waals surface area contributed by atoms with E-state index in [9.17, 15) is 14.0 Å². The minimum atomic E-state index is -0.813. The number of anilines is 1. The summed E-state index contributed by atoms with van der Waals surface area (Å²) in [5.74, 6) is 0.523. The third kappa shape index (κ3) is 4.80. The van der Waals surface area contributed by atoms with Crippen molar-refractivity contribution in [3.05, 3.63) is 98.1 Å². The minimum absolute atomic E-state index is 0.0581. The molecule has 2 heterocycles. The molecule has 1 amide bonds. The summed E-state index contributed by atoms with van der Waals surface area (Å²) in [5, 5.41) is 0.0814. The lowest BCUT2D eigenvalue weighted by atomic mass is 9.97. The van der Waals surface area contributed by atoms with Crippen molar-refractivity contribution in [2.75, 3.05) is 18.1 Å². The molecule has 0 fully saturated rings. The van der Waals surface area contributed by atoms with Gasteiger partial charge in [0.05, 0.1) is 30.2 Å². The molecule has 0 aliphatic carbocycles. The monoisotopic (exact) mass is 579 g/mol. The van der Waals surface area contributed by atoms with Crippen molar-refractivity contribution in [2.45, 2.75) is 33.2 Å². The van der Waals surface area contributed by atoms with E-state index >= 15 is 0 Å². The predicted octanol–water partition coefficient (Wildman–Crippen LogP) is 7.27. The highest BCUT2D eigenvalue weighted by Gasteiger charge is 2.44. The average Bonchev–Trinajstić information content (AvgIpc) is 3.18. The second-order valence-corrected chi connectivity index (χ2v) is 10.5. The van der Waals surface area contributed by atoms with Crippen LogP contribution >= 0.6 is 15.9 Å². The summed E-state index contributed by atoms with van der Waals surface area (Å²) in [6, 6.07) is 15.5. The number of amides is 1. The van der Waals surface area contributed by atoms with E-state index < -0.39 is 23.2 Å². The summed E-state index contributed by atoms with van der Waals surface area (Å²) in [6.07, 6.45) is 0.889. The number of rotatable bonds is 8. The van der Waals surface area contributed by atoms with Gasteiger partial charge in [0.2, 0.25) is 5.76 Å². The maximum Gasteiger partial charge on any atom is 0.295 e. The predicted molar refractivity (Wildman–Crippen MR) is 148 cm³/mol. The van der Waals surface area contributed by atoms with E-state index in [2.05, 4.69) is 29.8 Å². The Morgan fingerprint density at radius 1 is 1.00 bits per heavy atom.